The molecule has 3 rings (SSSR count). The second kappa shape index (κ2) is 0.768. The van der Waals surface area contributed by atoms with Gasteiger partial charge in [-0.2, -0.15) is 0 Å². The van der Waals surface area contributed by atoms with Crippen LogP contribution < -0.4 is 0 Å². The first-order valence-electron chi connectivity index (χ1n) is 1.73. The summed E-state index contributed by atoms with van der Waals surface area (Å²) in [6.07, 6.45) is 0. The predicted octanol–water partition coefficient (Wildman–Crippen LogP) is 2.40. The summed E-state index contributed by atoms with van der Waals surface area (Å²) in [5.41, 5.74) is 0. The van der Waals surface area contributed by atoms with Crippen molar-refractivity contribution in [3.63, 3.8) is 0 Å². The van der Waals surface area contributed by atoms with Gasteiger partial charge in [0.05, 0.1) is 8.03 Å². The fraction of sp³-hybridized carbons (Fsp3) is 0. The molecule has 3 aromatic rings. The molecule has 0 fully saturated rings. The summed E-state index contributed by atoms with van der Waals surface area (Å²) < 4.78 is 2.93. The Kier molecular flexibility index (Phi) is 0.383. The van der Waals surface area contributed by atoms with E-state index >= 15 is 0 Å². The van der Waals surface area contributed by atoms with Crippen molar-refractivity contribution in [3.05, 3.63) is 12.1 Å². The summed E-state index contributed by atoms with van der Waals surface area (Å²) in [5, 5.41) is 0. The van der Waals surface area contributed by atoms with Crippen molar-refractivity contribution in [1.82, 2.24) is 0 Å². The van der Waals surface area contributed by atoms with Gasteiger partial charge in [-0.25, -0.2) is 0 Å². The first-order valence-corrected chi connectivity index (χ1v) is 3.36. The number of thiophene rings is 2. The topological polar surface area (TPSA) is 0 Å². The van der Waals surface area contributed by atoms with Gasteiger partial charge in [0.1, 0.15) is 0 Å². The maximum Gasteiger partial charge on any atom is 0.0822 e. The van der Waals surface area contributed by atoms with Gasteiger partial charge in [-0.3, -0.25) is 0 Å². The van der Waals surface area contributed by atoms with E-state index in [4.69, 9.17) is 0 Å². The summed E-state index contributed by atoms with van der Waals surface area (Å²) >= 11 is 3.76. The zero-order chi connectivity index (χ0) is 3.98. The lowest BCUT2D eigenvalue weighted by atomic mass is 10.7. The minimum absolute atomic E-state index is 1.46. The third-order valence-electron chi connectivity index (χ3n) is 0.758. The number of hydrogen-bond acceptors (Lipinski definition) is 2. The second-order valence-electron chi connectivity index (χ2n) is 1.18. The molecule has 0 saturated carbocycles. The SMILES string of the molecule is c1cc2sc1s2. The summed E-state index contributed by atoms with van der Waals surface area (Å²) in [7, 11) is 0. The maximum absolute atomic E-state index is 2.16. The van der Waals surface area contributed by atoms with Crippen molar-refractivity contribution < 1.29 is 0 Å². The number of rotatable bonds is 0. The molecule has 30 valence electrons. The molecule has 0 unspecified atom stereocenters. The van der Waals surface area contributed by atoms with Gasteiger partial charge in [0.2, 0.25) is 0 Å². The van der Waals surface area contributed by atoms with Gasteiger partial charge in [0.15, 0.2) is 0 Å². The lowest BCUT2D eigenvalue weighted by Gasteiger charge is -1.78. The molecular weight excluding hydrogens is 112 g/mol. The zero-order valence-electron chi connectivity index (χ0n) is 2.97. The van der Waals surface area contributed by atoms with Gasteiger partial charge < -0.3 is 0 Å². The van der Waals surface area contributed by atoms with E-state index in [2.05, 4.69) is 12.1 Å². The highest BCUT2D eigenvalue weighted by Gasteiger charge is 1.95. The van der Waals surface area contributed by atoms with Crippen LogP contribution in [0.1, 0.15) is 0 Å². The highest BCUT2D eigenvalue weighted by molar-refractivity contribution is 7.57. The molecule has 0 aliphatic heterocycles. The van der Waals surface area contributed by atoms with Crippen LogP contribution in [0.2, 0.25) is 0 Å². The monoisotopic (exact) mass is 114 g/mol. The van der Waals surface area contributed by atoms with Crippen LogP contribution in [0.3, 0.4) is 0 Å². The fourth-order valence-corrected chi connectivity index (χ4v) is 2.26. The summed E-state index contributed by atoms with van der Waals surface area (Å²) in [5.74, 6) is 0. The average molecular weight is 114 g/mol. The van der Waals surface area contributed by atoms with E-state index in [0.717, 1.165) is 0 Å². The quantitative estimate of drug-likeness (QED) is 0.493. The molecular formula is C4H2S2. The van der Waals surface area contributed by atoms with Crippen molar-refractivity contribution in [2.45, 2.75) is 0 Å². The van der Waals surface area contributed by atoms with Crippen LogP contribution in [-0.2, 0) is 0 Å². The Hall–Kier alpha value is -0.0800. The predicted molar refractivity (Wildman–Crippen MR) is 30.9 cm³/mol. The number of hydrogen-bond donors (Lipinski definition) is 0. The molecule has 0 aromatic carbocycles. The van der Waals surface area contributed by atoms with Gasteiger partial charge in [0.25, 0.3) is 0 Å². The normalized spacial score (nSPS) is 11.3. The van der Waals surface area contributed by atoms with Crippen LogP contribution in [-0.4, -0.2) is 0 Å². The van der Waals surface area contributed by atoms with E-state index < -0.39 is 0 Å². The Morgan fingerprint density at radius 1 is 1.00 bits per heavy atom. The molecule has 0 aliphatic carbocycles. The van der Waals surface area contributed by atoms with Crippen molar-refractivity contribution in [2.75, 3.05) is 0 Å². The van der Waals surface area contributed by atoms with E-state index in [1.54, 1.807) is 0 Å². The highest BCUT2D eigenvalue weighted by Crippen LogP contribution is 2.34. The van der Waals surface area contributed by atoms with Gasteiger partial charge in [-0.05, 0) is 12.1 Å². The Bertz CT molecular complexity index is 167. The Labute approximate surface area is 43.4 Å². The molecule has 0 nitrogen and oxygen atoms in total. The molecule has 0 atom stereocenters. The van der Waals surface area contributed by atoms with Crippen molar-refractivity contribution in [1.29, 1.82) is 0 Å². The fourth-order valence-electron chi connectivity index (χ4n) is 0.478. The minimum Gasteiger partial charge on any atom is -0.114 e. The van der Waals surface area contributed by atoms with E-state index in [1.807, 2.05) is 22.7 Å². The number of fused-ring (bicyclic) bond motifs is 1. The largest absolute Gasteiger partial charge is 0.114 e. The lowest BCUT2D eigenvalue weighted by Crippen LogP contribution is -1.34. The molecule has 0 amide bonds. The molecule has 2 heteroatoms. The van der Waals surface area contributed by atoms with E-state index in [-0.39, 0.29) is 0 Å². The van der Waals surface area contributed by atoms with Crippen LogP contribution in [0, 0.1) is 0 Å². The van der Waals surface area contributed by atoms with Crippen LogP contribution >= 0.6 is 22.7 Å². The average Bonchev–Trinajstić information content (AvgIpc) is 1.72. The molecule has 0 radical (unpaired) electrons. The molecule has 0 aliphatic rings. The Morgan fingerprint density at radius 3 is 1.67 bits per heavy atom. The van der Waals surface area contributed by atoms with Gasteiger partial charge in [-0.1, -0.05) is 0 Å². The van der Waals surface area contributed by atoms with Gasteiger partial charge in [-0.15, -0.1) is 22.7 Å². The second-order valence-corrected chi connectivity index (χ2v) is 3.86. The molecule has 2 bridgehead atoms. The Balaban J connectivity index is 3.24. The van der Waals surface area contributed by atoms with Gasteiger partial charge >= 0.3 is 0 Å². The smallest absolute Gasteiger partial charge is 0.0822 e. The Morgan fingerprint density at radius 2 is 1.50 bits per heavy atom. The van der Waals surface area contributed by atoms with Crippen molar-refractivity contribution in [2.24, 2.45) is 0 Å². The van der Waals surface area contributed by atoms with E-state index in [1.165, 1.54) is 8.03 Å². The first kappa shape index (κ1) is 2.99. The summed E-state index contributed by atoms with van der Waals surface area (Å²) in [6, 6.07) is 4.31. The van der Waals surface area contributed by atoms with E-state index in [9.17, 15) is 0 Å². The zero-order valence-corrected chi connectivity index (χ0v) is 4.60. The summed E-state index contributed by atoms with van der Waals surface area (Å²) in [6.45, 7) is 0. The van der Waals surface area contributed by atoms with Crippen molar-refractivity contribution in [3.8, 4) is 0 Å². The van der Waals surface area contributed by atoms with Crippen LogP contribution in [0.25, 0.3) is 8.03 Å². The van der Waals surface area contributed by atoms with Crippen LogP contribution in [0.15, 0.2) is 12.1 Å². The van der Waals surface area contributed by atoms with Crippen LogP contribution in [0.5, 0.6) is 0 Å². The first-order chi connectivity index (χ1) is 2.95. The van der Waals surface area contributed by atoms with Crippen LogP contribution in [0.4, 0.5) is 0 Å². The highest BCUT2D eigenvalue weighted by atomic mass is 32.2. The molecule has 3 heterocycles. The lowest BCUT2D eigenvalue weighted by molar-refractivity contribution is 2.22. The standard InChI is InChI=1S/C4H2S2/c1-2-4-5-3(1)6-4/h1-2H. The third kappa shape index (κ3) is 0.200. The summed E-state index contributed by atoms with van der Waals surface area (Å²) in [4.78, 5) is 0. The molecule has 0 saturated heterocycles. The minimum atomic E-state index is 1.46. The van der Waals surface area contributed by atoms with E-state index in [0.29, 0.717) is 0 Å². The third-order valence-corrected chi connectivity index (χ3v) is 3.11. The van der Waals surface area contributed by atoms with Crippen molar-refractivity contribution >= 4 is 30.7 Å². The molecule has 0 spiro atoms. The maximum atomic E-state index is 2.16. The van der Waals surface area contributed by atoms with Gasteiger partial charge in [0, 0.05) is 0 Å². The molecule has 6 heavy (non-hydrogen) atoms. The molecule has 3 aromatic heterocycles. The molecule has 0 N–H and O–H groups in total.